The lowest BCUT2D eigenvalue weighted by molar-refractivity contribution is 0.628. The van der Waals surface area contributed by atoms with Gasteiger partial charge in [-0.05, 0) is 30.5 Å². The molecule has 1 aromatic carbocycles. The van der Waals surface area contributed by atoms with Crippen molar-refractivity contribution in [3.63, 3.8) is 0 Å². The van der Waals surface area contributed by atoms with Gasteiger partial charge in [-0.3, -0.25) is 0 Å². The van der Waals surface area contributed by atoms with Crippen LogP contribution in [0.2, 0.25) is 5.15 Å². The Labute approximate surface area is 129 Å². The molecule has 3 aromatic rings. The summed E-state index contributed by atoms with van der Waals surface area (Å²) in [6.45, 7) is 0. The average Bonchev–Trinajstić information content (AvgIpc) is 3.16. The Bertz CT molecular complexity index is 812. The molecular formula is C15H11ClFN3S. The van der Waals surface area contributed by atoms with E-state index < -0.39 is 0 Å². The minimum atomic E-state index is -0.253. The molecule has 0 radical (unpaired) electrons. The third-order valence-electron chi connectivity index (χ3n) is 3.46. The molecule has 0 unspecified atom stereocenters. The highest BCUT2D eigenvalue weighted by Gasteiger charge is 2.23. The molecule has 0 saturated heterocycles. The van der Waals surface area contributed by atoms with Crippen LogP contribution in [-0.4, -0.2) is 16.0 Å². The molecule has 0 atom stereocenters. The molecule has 3 nitrogen and oxygen atoms in total. The van der Waals surface area contributed by atoms with E-state index in [4.69, 9.17) is 11.6 Å². The van der Waals surface area contributed by atoms with E-state index in [0.29, 0.717) is 17.1 Å². The van der Waals surface area contributed by atoms with Gasteiger partial charge in [0.1, 0.15) is 15.8 Å². The van der Waals surface area contributed by atoms with Crippen molar-refractivity contribution in [2.24, 2.45) is 0 Å². The van der Waals surface area contributed by atoms with Crippen LogP contribution in [0, 0.1) is 5.82 Å². The van der Waals surface area contributed by atoms with Crippen LogP contribution in [-0.2, 0) is 0 Å². The number of benzene rings is 1. The van der Waals surface area contributed by atoms with Gasteiger partial charge in [-0.2, -0.15) is 0 Å². The SMILES string of the molecule is Fc1ccc(-c2csc3nc(NC4CC4)nc(Cl)c23)cc1. The summed E-state index contributed by atoms with van der Waals surface area (Å²) in [5.74, 6) is 0.332. The number of hydrogen-bond acceptors (Lipinski definition) is 4. The van der Waals surface area contributed by atoms with E-state index in [2.05, 4.69) is 15.3 Å². The van der Waals surface area contributed by atoms with Gasteiger partial charge in [0, 0.05) is 17.0 Å². The molecule has 1 fully saturated rings. The lowest BCUT2D eigenvalue weighted by Gasteiger charge is -2.05. The van der Waals surface area contributed by atoms with Crippen molar-refractivity contribution < 1.29 is 4.39 Å². The van der Waals surface area contributed by atoms with Crippen molar-refractivity contribution in [3.8, 4) is 11.1 Å². The topological polar surface area (TPSA) is 37.8 Å². The zero-order valence-electron chi connectivity index (χ0n) is 10.9. The zero-order chi connectivity index (χ0) is 14.4. The first-order valence-corrected chi connectivity index (χ1v) is 7.94. The fourth-order valence-corrected chi connectivity index (χ4v) is 3.49. The van der Waals surface area contributed by atoms with E-state index in [1.165, 1.54) is 23.5 Å². The molecule has 2 heterocycles. The minimum absolute atomic E-state index is 0.253. The summed E-state index contributed by atoms with van der Waals surface area (Å²) in [6.07, 6.45) is 2.31. The van der Waals surface area contributed by atoms with Crippen LogP contribution in [0.25, 0.3) is 21.3 Å². The summed E-state index contributed by atoms with van der Waals surface area (Å²) in [7, 11) is 0. The number of anilines is 1. The van der Waals surface area contributed by atoms with E-state index in [-0.39, 0.29) is 5.82 Å². The van der Waals surface area contributed by atoms with Gasteiger partial charge in [0.15, 0.2) is 0 Å². The molecule has 21 heavy (non-hydrogen) atoms. The monoisotopic (exact) mass is 319 g/mol. The van der Waals surface area contributed by atoms with Crippen molar-refractivity contribution in [3.05, 3.63) is 40.6 Å². The van der Waals surface area contributed by atoms with Gasteiger partial charge < -0.3 is 5.32 Å². The second-order valence-electron chi connectivity index (χ2n) is 5.09. The Balaban J connectivity index is 1.81. The Morgan fingerprint density at radius 2 is 1.95 bits per heavy atom. The van der Waals surface area contributed by atoms with Gasteiger partial charge >= 0.3 is 0 Å². The maximum absolute atomic E-state index is 13.0. The van der Waals surface area contributed by atoms with Crippen molar-refractivity contribution in [2.75, 3.05) is 5.32 Å². The first-order valence-electron chi connectivity index (χ1n) is 6.68. The van der Waals surface area contributed by atoms with Gasteiger partial charge in [0.2, 0.25) is 5.95 Å². The number of rotatable bonds is 3. The summed E-state index contributed by atoms with van der Waals surface area (Å²) < 4.78 is 13.0. The molecule has 2 aromatic heterocycles. The molecule has 4 rings (SSSR count). The van der Waals surface area contributed by atoms with Crippen LogP contribution in [0.5, 0.6) is 0 Å². The number of aromatic nitrogens is 2. The van der Waals surface area contributed by atoms with Crippen molar-refractivity contribution in [2.45, 2.75) is 18.9 Å². The number of halogens is 2. The Hall–Kier alpha value is -1.72. The second-order valence-corrected chi connectivity index (χ2v) is 6.31. The maximum atomic E-state index is 13.0. The maximum Gasteiger partial charge on any atom is 0.225 e. The van der Waals surface area contributed by atoms with Crippen LogP contribution in [0.15, 0.2) is 29.6 Å². The largest absolute Gasteiger partial charge is 0.351 e. The van der Waals surface area contributed by atoms with Crippen molar-refractivity contribution >= 4 is 39.1 Å². The van der Waals surface area contributed by atoms with Crippen LogP contribution < -0.4 is 5.32 Å². The molecule has 0 bridgehead atoms. The molecule has 0 aliphatic heterocycles. The van der Waals surface area contributed by atoms with Gasteiger partial charge in [0.05, 0.1) is 5.39 Å². The van der Waals surface area contributed by atoms with E-state index in [1.807, 2.05) is 5.38 Å². The number of thiophene rings is 1. The van der Waals surface area contributed by atoms with Crippen LogP contribution in [0.4, 0.5) is 10.3 Å². The van der Waals surface area contributed by atoms with E-state index >= 15 is 0 Å². The summed E-state index contributed by atoms with van der Waals surface area (Å²) in [5, 5.41) is 6.50. The fourth-order valence-electron chi connectivity index (χ4n) is 2.22. The average molecular weight is 320 g/mol. The molecule has 106 valence electrons. The van der Waals surface area contributed by atoms with Crippen molar-refractivity contribution in [1.29, 1.82) is 0 Å². The summed E-state index contributed by atoms with van der Waals surface area (Å²) in [5.41, 5.74) is 1.86. The third kappa shape index (κ3) is 2.47. The second kappa shape index (κ2) is 4.93. The first-order chi connectivity index (χ1) is 10.2. The highest BCUT2D eigenvalue weighted by atomic mass is 35.5. The summed E-state index contributed by atoms with van der Waals surface area (Å²) in [4.78, 5) is 9.70. The predicted molar refractivity (Wildman–Crippen MR) is 84.5 cm³/mol. The number of nitrogens with one attached hydrogen (secondary N) is 1. The predicted octanol–water partition coefficient (Wildman–Crippen LogP) is 4.73. The van der Waals surface area contributed by atoms with E-state index in [0.717, 1.165) is 34.2 Å². The molecular weight excluding hydrogens is 309 g/mol. The van der Waals surface area contributed by atoms with Crippen LogP contribution in [0.3, 0.4) is 0 Å². The van der Waals surface area contributed by atoms with Crippen LogP contribution in [0.1, 0.15) is 12.8 Å². The summed E-state index contributed by atoms with van der Waals surface area (Å²) in [6, 6.07) is 6.84. The third-order valence-corrected chi connectivity index (χ3v) is 4.60. The number of fused-ring (bicyclic) bond motifs is 1. The van der Waals surface area contributed by atoms with Gasteiger partial charge in [-0.1, -0.05) is 23.7 Å². The molecule has 1 saturated carbocycles. The van der Waals surface area contributed by atoms with Gasteiger partial charge in [0.25, 0.3) is 0 Å². The lowest BCUT2D eigenvalue weighted by atomic mass is 10.1. The highest BCUT2D eigenvalue weighted by molar-refractivity contribution is 7.17. The molecule has 6 heteroatoms. The molecule has 1 aliphatic carbocycles. The highest BCUT2D eigenvalue weighted by Crippen LogP contribution is 2.37. The quantitative estimate of drug-likeness (QED) is 0.709. The van der Waals surface area contributed by atoms with Gasteiger partial charge in [-0.25, -0.2) is 14.4 Å². The normalized spacial score (nSPS) is 14.6. The number of hydrogen-bond donors (Lipinski definition) is 1. The molecule has 1 aliphatic rings. The van der Waals surface area contributed by atoms with Crippen molar-refractivity contribution in [1.82, 2.24) is 9.97 Å². The minimum Gasteiger partial charge on any atom is -0.351 e. The molecule has 0 spiro atoms. The number of nitrogens with zero attached hydrogens (tertiary/aromatic N) is 2. The molecule has 1 N–H and O–H groups in total. The van der Waals surface area contributed by atoms with Gasteiger partial charge in [-0.15, -0.1) is 11.3 Å². The Morgan fingerprint density at radius 3 is 2.67 bits per heavy atom. The standard InChI is InChI=1S/C15H11ClFN3S/c16-13-12-11(8-1-3-9(17)4-2-8)7-21-14(12)20-15(19-13)18-10-5-6-10/h1-4,7,10H,5-6H2,(H,18,19,20). The Morgan fingerprint density at radius 1 is 1.19 bits per heavy atom. The summed E-state index contributed by atoms with van der Waals surface area (Å²) >= 11 is 7.85. The van der Waals surface area contributed by atoms with Crippen LogP contribution >= 0.6 is 22.9 Å². The van der Waals surface area contributed by atoms with E-state index in [1.54, 1.807) is 12.1 Å². The smallest absolute Gasteiger partial charge is 0.225 e. The lowest BCUT2D eigenvalue weighted by Crippen LogP contribution is -2.05. The Kier molecular flexibility index (Phi) is 3.05. The van der Waals surface area contributed by atoms with E-state index in [9.17, 15) is 4.39 Å². The molecule has 0 amide bonds. The first kappa shape index (κ1) is 13.0. The fraction of sp³-hybridized carbons (Fsp3) is 0.200. The zero-order valence-corrected chi connectivity index (χ0v) is 12.5.